The van der Waals surface area contributed by atoms with Crippen LogP contribution in [0.15, 0.2) is 42.6 Å². The fraction of sp³-hybridized carbons (Fsp3) is 0.389. The van der Waals surface area contributed by atoms with Gasteiger partial charge in [0.15, 0.2) is 0 Å². The molecule has 1 spiro atoms. The van der Waals surface area contributed by atoms with Gasteiger partial charge in [-0.1, -0.05) is 6.07 Å². The Morgan fingerprint density at radius 2 is 2.04 bits per heavy atom. The zero-order chi connectivity index (χ0) is 16.4. The molecule has 0 radical (unpaired) electrons. The predicted octanol–water partition coefficient (Wildman–Crippen LogP) is 2.50. The second-order valence-electron chi connectivity index (χ2n) is 6.42. The van der Waals surface area contributed by atoms with Gasteiger partial charge in [-0.15, -0.1) is 0 Å². The van der Waals surface area contributed by atoms with E-state index in [1.807, 2.05) is 18.3 Å². The van der Waals surface area contributed by atoms with Crippen molar-refractivity contribution in [1.29, 1.82) is 0 Å². The number of benzene rings is 1. The summed E-state index contributed by atoms with van der Waals surface area (Å²) in [5.74, 6) is 0.603. The Labute approximate surface area is 140 Å². The molecule has 126 valence electrons. The van der Waals surface area contributed by atoms with Crippen LogP contribution in [0.5, 0.6) is 11.6 Å². The first-order valence-corrected chi connectivity index (χ1v) is 8.34. The van der Waals surface area contributed by atoms with Gasteiger partial charge in [-0.05, 0) is 31.0 Å². The van der Waals surface area contributed by atoms with E-state index in [1.54, 1.807) is 12.1 Å². The number of hydrogen-bond donors (Lipinski definition) is 2. The van der Waals surface area contributed by atoms with Crippen LogP contribution < -0.4 is 20.3 Å². The molecular formula is C18H21FN4O. The van der Waals surface area contributed by atoms with E-state index in [-0.39, 0.29) is 11.4 Å². The molecule has 2 saturated heterocycles. The lowest BCUT2D eigenvalue weighted by Crippen LogP contribution is -2.62. The molecule has 2 fully saturated rings. The van der Waals surface area contributed by atoms with Crippen molar-refractivity contribution in [3.63, 3.8) is 0 Å². The molecule has 2 aromatic rings. The first-order chi connectivity index (χ1) is 11.8. The molecule has 2 aliphatic rings. The van der Waals surface area contributed by atoms with Crippen molar-refractivity contribution in [2.24, 2.45) is 0 Å². The van der Waals surface area contributed by atoms with Crippen molar-refractivity contribution >= 4 is 5.69 Å². The molecule has 24 heavy (non-hydrogen) atoms. The van der Waals surface area contributed by atoms with Gasteiger partial charge in [0.1, 0.15) is 11.6 Å². The summed E-state index contributed by atoms with van der Waals surface area (Å²) in [6.07, 6.45) is 4.20. The zero-order valence-electron chi connectivity index (χ0n) is 13.5. The van der Waals surface area contributed by atoms with Gasteiger partial charge in [0.2, 0.25) is 5.88 Å². The predicted molar refractivity (Wildman–Crippen MR) is 90.9 cm³/mol. The third-order valence-corrected chi connectivity index (χ3v) is 4.81. The zero-order valence-corrected chi connectivity index (χ0v) is 13.5. The smallest absolute Gasteiger partial charge is 0.219 e. The molecule has 0 aliphatic carbocycles. The Hall–Kier alpha value is -2.18. The minimum absolute atomic E-state index is 0.130. The van der Waals surface area contributed by atoms with E-state index in [2.05, 4.69) is 20.5 Å². The lowest BCUT2D eigenvalue weighted by Gasteiger charge is -2.43. The summed E-state index contributed by atoms with van der Waals surface area (Å²) in [6, 6.07) is 9.95. The number of hydrogen-bond acceptors (Lipinski definition) is 5. The van der Waals surface area contributed by atoms with Crippen molar-refractivity contribution in [2.75, 3.05) is 31.2 Å². The highest BCUT2D eigenvalue weighted by Gasteiger charge is 2.41. The Kier molecular flexibility index (Phi) is 4.08. The number of nitrogens with one attached hydrogen (secondary N) is 2. The molecule has 2 N–H and O–H groups in total. The summed E-state index contributed by atoms with van der Waals surface area (Å²) in [6.45, 7) is 3.88. The molecule has 2 aliphatic heterocycles. The third-order valence-electron chi connectivity index (χ3n) is 4.81. The van der Waals surface area contributed by atoms with E-state index in [0.717, 1.165) is 32.0 Å². The lowest BCUT2D eigenvalue weighted by atomic mass is 9.94. The monoisotopic (exact) mass is 328 g/mol. The van der Waals surface area contributed by atoms with Crippen molar-refractivity contribution in [3.8, 4) is 11.6 Å². The summed E-state index contributed by atoms with van der Waals surface area (Å²) in [5.41, 5.74) is 1.23. The number of nitrogens with zero attached hydrogens (tertiary/aromatic N) is 2. The third kappa shape index (κ3) is 2.95. The Morgan fingerprint density at radius 1 is 1.17 bits per heavy atom. The SMILES string of the molecule is Fc1cccc(Oc2ccc(N3CCCC34CNCNC4)cn2)c1. The van der Waals surface area contributed by atoms with Crippen LogP contribution in [0.25, 0.3) is 0 Å². The van der Waals surface area contributed by atoms with Gasteiger partial charge in [-0.25, -0.2) is 9.37 Å². The molecule has 0 unspecified atom stereocenters. The molecule has 0 saturated carbocycles. The molecule has 6 heteroatoms. The van der Waals surface area contributed by atoms with Gasteiger partial charge in [-0.3, -0.25) is 0 Å². The maximum absolute atomic E-state index is 13.2. The minimum atomic E-state index is -0.319. The Balaban J connectivity index is 1.51. The maximum Gasteiger partial charge on any atom is 0.219 e. The highest BCUT2D eigenvalue weighted by molar-refractivity contribution is 5.50. The van der Waals surface area contributed by atoms with Crippen LogP contribution >= 0.6 is 0 Å². The quantitative estimate of drug-likeness (QED) is 0.907. The standard InChI is InChI=1S/C18H21FN4O/c19-14-3-1-4-16(9-14)24-17-6-5-15(10-22-17)23-8-2-7-18(23)11-20-13-21-12-18/h1,3-6,9-10,20-21H,2,7-8,11-13H2. The number of halogens is 1. The molecule has 3 heterocycles. The van der Waals surface area contributed by atoms with E-state index < -0.39 is 0 Å². The van der Waals surface area contributed by atoms with Gasteiger partial charge in [0.25, 0.3) is 0 Å². The Morgan fingerprint density at radius 3 is 2.79 bits per heavy atom. The second kappa shape index (κ2) is 6.37. The highest BCUT2D eigenvalue weighted by Crippen LogP contribution is 2.34. The van der Waals surface area contributed by atoms with Crippen LogP contribution in [0.2, 0.25) is 0 Å². The molecule has 0 atom stereocenters. The molecule has 4 rings (SSSR count). The molecule has 0 bridgehead atoms. The largest absolute Gasteiger partial charge is 0.439 e. The molecule has 1 aromatic heterocycles. The minimum Gasteiger partial charge on any atom is -0.439 e. The highest BCUT2D eigenvalue weighted by atomic mass is 19.1. The molecule has 5 nitrogen and oxygen atoms in total. The van der Waals surface area contributed by atoms with Crippen LogP contribution in [0, 0.1) is 5.82 Å². The first-order valence-electron chi connectivity index (χ1n) is 8.34. The number of rotatable bonds is 3. The van der Waals surface area contributed by atoms with Crippen molar-refractivity contribution in [1.82, 2.24) is 15.6 Å². The van der Waals surface area contributed by atoms with Gasteiger partial charge in [-0.2, -0.15) is 0 Å². The van der Waals surface area contributed by atoms with Crippen LogP contribution in [0.1, 0.15) is 12.8 Å². The number of pyridine rings is 1. The van der Waals surface area contributed by atoms with Crippen LogP contribution in [0.4, 0.5) is 10.1 Å². The van der Waals surface area contributed by atoms with Crippen molar-refractivity contribution < 1.29 is 9.13 Å². The van der Waals surface area contributed by atoms with E-state index in [1.165, 1.54) is 25.0 Å². The van der Waals surface area contributed by atoms with Gasteiger partial charge in [0, 0.05) is 38.4 Å². The van der Waals surface area contributed by atoms with E-state index in [9.17, 15) is 4.39 Å². The number of anilines is 1. The summed E-state index contributed by atoms with van der Waals surface area (Å²) < 4.78 is 18.8. The van der Waals surface area contributed by atoms with E-state index >= 15 is 0 Å². The fourth-order valence-corrected chi connectivity index (χ4v) is 3.69. The van der Waals surface area contributed by atoms with Gasteiger partial charge in [0.05, 0.1) is 17.4 Å². The van der Waals surface area contributed by atoms with Crippen LogP contribution in [-0.4, -0.2) is 36.8 Å². The molecule has 1 aromatic carbocycles. The van der Waals surface area contributed by atoms with E-state index in [0.29, 0.717) is 11.6 Å². The lowest BCUT2D eigenvalue weighted by molar-refractivity contribution is 0.316. The topological polar surface area (TPSA) is 49.4 Å². The van der Waals surface area contributed by atoms with Crippen molar-refractivity contribution in [3.05, 3.63) is 48.4 Å². The molecular weight excluding hydrogens is 307 g/mol. The van der Waals surface area contributed by atoms with Crippen LogP contribution in [-0.2, 0) is 0 Å². The summed E-state index contributed by atoms with van der Waals surface area (Å²) >= 11 is 0. The number of ether oxygens (including phenoxy) is 1. The summed E-state index contributed by atoms with van der Waals surface area (Å²) in [7, 11) is 0. The normalized spacial score (nSPS) is 19.6. The second-order valence-corrected chi connectivity index (χ2v) is 6.42. The summed E-state index contributed by atoms with van der Waals surface area (Å²) in [5, 5.41) is 6.87. The average Bonchev–Trinajstić information content (AvgIpc) is 2.99. The van der Waals surface area contributed by atoms with Crippen molar-refractivity contribution in [2.45, 2.75) is 18.4 Å². The van der Waals surface area contributed by atoms with Gasteiger partial charge >= 0.3 is 0 Å². The Bertz CT molecular complexity index is 700. The average molecular weight is 328 g/mol. The van der Waals surface area contributed by atoms with Gasteiger partial charge < -0.3 is 20.3 Å². The fourth-order valence-electron chi connectivity index (χ4n) is 3.69. The van der Waals surface area contributed by atoms with Crippen LogP contribution in [0.3, 0.4) is 0 Å². The maximum atomic E-state index is 13.2. The first kappa shape index (κ1) is 15.4. The van der Waals surface area contributed by atoms with E-state index in [4.69, 9.17) is 4.74 Å². The molecule has 0 amide bonds. The number of aromatic nitrogens is 1. The summed E-state index contributed by atoms with van der Waals surface area (Å²) in [4.78, 5) is 6.83.